The molecule has 3 fully saturated rings. The molecule has 18 atom stereocenters. The van der Waals surface area contributed by atoms with Crippen LogP contribution in [0.15, 0.2) is 42.0 Å². The van der Waals surface area contributed by atoms with E-state index in [1.54, 1.807) is 75.3 Å². The number of carbonyl (C=O) groups excluding carboxylic acids is 3. The zero-order chi connectivity index (χ0) is 50.0. The van der Waals surface area contributed by atoms with Gasteiger partial charge in [0.05, 0.1) is 69.3 Å². The van der Waals surface area contributed by atoms with Gasteiger partial charge < -0.3 is 72.2 Å². The molecule has 0 radical (unpaired) electrons. The Morgan fingerprint density at radius 3 is 2.15 bits per heavy atom. The van der Waals surface area contributed by atoms with Crippen LogP contribution in [0.4, 0.5) is 9.59 Å². The molecular formula is C49H77NO17. The number of rotatable bonds is 10. The number of cyclic esters (lactones) is 1. The first-order chi connectivity index (χ1) is 31.1. The molecule has 67 heavy (non-hydrogen) atoms. The van der Waals surface area contributed by atoms with E-state index in [0.29, 0.717) is 5.57 Å². The molecule has 3 saturated heterocycles. The maximum absolute atomic E-state index is 14.7. The van der Waals surface area contributed by atoms with Gasteiger partial charge in [-0.3, -0.25) is 4.79 Å². The van der Waals surface area contributed by atoms with Crippen molar-refractivity contribution in [1.82, 2.24) is 0 Å². The van der Waals surface area contributed by atoms with E-state index >= 15 is 0 Å². The summed E-state index contributed by atoms with van der Waals surface area (Å²) >= 11 is 0. The Kier molecular flexibility index (Phi) is 17.6. The number of fused-ring (bicyclic) bond motifs is 2. The zero-order valence-electron chi connectivity index (χ0n) is 42.0. The fraction of sp³-hybridized carbons (Fsp3) is 0.776. The van der Waals surface area contributed by atoms with Crippen molar-refractivity contribution in [2.45, 2.75) is 200 Å². The van der Waals surface area contributed by atoms with Crippen LogP contribution in [0.5, 0.6) is 0 Å². The lowest BCUT2D eigenvalue weighted by Crippen LogP contribution is -2.65. The average molecular weight is 952 g/mol. The van der Waals surface area contributed by atoms with E-state index in [9.17, 15) is 29.8 Å². The Bertz CT molecular complexity index is 1850. The summed E-state index contributed by atoms with van der Waals surface area (Å²) in [5.41, 5.74) is -2.13. The number of aliphatic hydroxyl groups is 2. The number of nitrogens with zero attached hydrogens (tertiary/aromatic N) is 1. The molecule has 0 aliphatic carbocycles. The van der Waals surface area contributed by atoms with Crippen molar-refractivity contribution >= 4 is 18.3 Å². The van der Waals surface area contributed by atoms with E-state index in [1.807, 2.05) is 44.2 Å². The Labute approximate surface area is 395 Å². The molecule has 0 aromatic heterocycles. The van der Waals surface area contributed by atoms with Crippen molar-refractivity contribution in [3.05, 3.63) is 52.8 Å². The van der Waals surface area contributed by atoms with Gasteiger partial charge in [0, 0.05) is 18.3 Å². The molecule has 4 aliphatic heterocycles. The van der Waals surface area contributed by atoms with Crippen LogP contribution in [0.1, 0.15) is 108 Å². The quantitative estimate of drug-likeness (QED) is 0.0821. The van der Waals surface area contributed by atoms with Gasteiger partial charge in [0.1, 0.15) is 24.4 Å². The minimum atomic E-state index is -1.80. The van der Waals surface area contributed by atoms with Crippen molar-refractivity contribution in [2.75, 3.05) is 21.2 Å². The van der Waals surface area contributed by atoms with Crippen molar-refractivity contribution in [3.63, 3.8) is 0 Å². The number of ether oxygens (including phenoxy) is 11. The molecule has 2 bridgehead atoms. The predicted octanol–water partition coefficient (Wildman–Crippen LogP) is 6.69. The van der Waals surface area contributed by atoms with E-state index in [0.717, 1.165) is 12.7 Å². The third kappa shape index (κ3) is 13.1. The fourth-order valence-corrected chi connectivity index (χ4v) is 10.5. The third-order valence-corrected chi connectivity index (χ3v) is 13.9. The number of hydroxylamine groups is 3. The smallest absolute Gasteiger partial charge is 0.509 e. The predicted molar refractivity (Wildman–Crippen MR) is 241 cm³/mol. The summed E-state index contributed by atoms with van der Waals surface area (Å²) in [6, 6.07) is 8.30. The highest BCUT2D eigenvalue weighted by molar-refractivity contribution is 5.73. The molecule has 5 rings (SSSR count). The van der Waals surface area contributed by atoms with Crippen LogP contribution in [0.2, 0.25) is 0 Å². The highest BCUT2D eigenvalue weighted by Gasteiger charge is 2.57. The van der Waals surface area contributed by atoms with Crippen LogP contribution in [-0.2, 0) is 63.5 Å². The van der Waals surface area contributed by atoms with Gasteiger partial charge in [0.2, 0.25) is 12.4 Å². The van der Waals surface area contributed by atoms with E-state index in [4.69, 9.17) is 52.1 Å². The SMILES string of the molecule is CC[C@H]1OC(=O)[C@H](C)[C@@H](O[C@H]2C=C(C)[C@@H](OC(=O)OCc3ccccc3)[C@H](C)O2)[C@H](C)[C@@H](O[C@@H]2O[C@H](C)C[C@H]([N+](C)(C)[O-])[C@H]2OC(=O)OC)[C@](C)(O)C[C@@H](C)[C@@H]2OC(C)(C)O[C@@H]([C@@H]2C)[C@]1(C)O. The van der Waals surface area contributed by atoms with Crippen molar-refractivity contribution in [2.24, 2.45) is 23.7 Å². The van der Waals surface area contributed by atoms with Crippen LogP contribution < -0.4 is 0 Å². The standard InChI is InChI=1S/C49H77NO17/c1-16-35-49(12,55)42-29(5)37(66-47(9,10)67-42)27(3)24-48(11,54)41(65-44-40(64-45(52)57-15)34(50(13,14)56)23-28(4)59-44)30(6)39(31(7)43(51)61-35)62-36-22-26(2)38(32(8)60-36)63-46(53)58-25-33-20-18-17-19-21-33/h17-22,27-32,34-42,44,54-55H,16,23-25H2,1-15H3/t27-,28-,29-,30+,31-,32+,34+,35-,36+,37+,38-,39+,40-,41-,42+,44+,48-,49-/m1/s1. The molecule has 18 nitrogen and oxygen atoms in total. The highest BCUT2D eigenvalue weighted by Crippen LogP contribution is 2.45. The monoisotopic (exact) mass is 952 g/mol. The molecule has 380 valence electrons. The molecule has 4 aliphatic rings. The lowest BCUT2D eigenvalue weighted by Gasteiger charge is -2.54. The van der Waals surface area contributed by atoms with Gasteiger partial charge in [-0.15, -0.1) is 0 Å². The summed E-state index contributed by atoms with van der Waals surface area (Å²) in [5.74, 6) is -4.85. The molecule has 0 unspecified atom stereocenters. The number of methoxy groups -OCH3 is 1. The Morgan fingerprint density at radius 2 is 1.55 bits per heavy atom. The molecule has 2 N–H and O–H groups in total. The normalized spacial score (nSPS) is 40.9. The van der Waals surface area contributed by atoms with Gasteiger partial charge in [0.15, 0.2) is 18.2 Å². The van der Waals surface area contributed by atoms with Crippen LogP contribution in [0, 0.1) is 28.9 Å². The molecular weight excluding hydrogens is 875 g/mol. The molecule has 0 spiro atoms. The van der Waals surface area contributed by atoms with Crippen molar-refractivity contribution in [3.8, 4) is 0 Å². The summed E-state index contributed by atoms with van der Waals surface area (Å²) < 4.78 is 66.5. The van der Waals surface area contributed by atoms with E-state index in [2.05, 4.69) is 0 Å². The maximum atomic E-state index is 14.7. The summed E-state index contributed by atoms with van der Waals surface area (Å²) in [7, 11) is 4.01. The number of hydrogen-bond acceptors (Lipinski definition) is 17. The van der Waals surface area contributed by atoms with Crippen LogP contribution in [-0.4, -0.2) is 145 Å². The fourth-order valence-electron chi connectivity index (χ4n) is 10.5. The summed E-state index contributed by atoms with van der Waals surface area (Å²) in [6.45, 7) is 20.9. The van der Waals surface area contributed by atoms with E-state index in [-0.39, 0.29) is 25.9 Å². The van der Waals surface area contributed by atoms with Gasteiger partial charge in [-0.25, -0.2) is 9.59 Å². The van der Waals surface area contributed by atoms with Gasteiger partial charge in [-0.05, 0) is 91.4 Å². The second kappa shape index (κ2) is 21.7. The average Bonchev–Trinajstić information content (AvgIpc) is 3.24. The number of quaternary nitrogens is 1. The van der Waals surface area contributed by atoms with Crippen LogP contribution >= 0.6 is 0 Å². The zero-order valence-corrected chi connectivity index (χ0v) is 42.0. The van der Waals surface area contributed by atoms with Crippen molar-refractivity contribution in [1.29, 1.82) is 0 Å². The number of esters is 1. The number of carbonyl (C=O) groups is 3. The molecule has 1 aromatic rings. The molecule has 0 amide bonds. The topological polar surface area (TPSA) is 216 Å². The van der Waals surface area contributed by atoms with Gasteiger partial charge in [-0.1, -0.05) is 58.0 Å². The summed E-state index contributed by atoms with van der Waals surface area (Å²) in [4.78, 5) is 40.3. The van der Waals surface area contributed by atoms with Gasteiger partial charge in [-0.2, -0.15) is 0 Å². The highest BCUT2D eigenvalue weighted by atomic mass is 16.8. The van der Waals surface area contributed by atoms with Gasteiger partial charge >= 0.3 is 18.3 Å². The third-order valence-electron chi connectivity index (χ3n) is 13.9. The molecule has 4 heterocycles. The summed E-state index contributed by atoms with van der Waals surface area (Å²) in [6.07, 6.45) is -10.8. The number of likely N-dealkylation sites (N-methyl/N-ethyl adjacent to an activating group) is 1. The van der Waals surface area contributed by atoms with E-state index < -0.39 is 137 Å². The second-order valence-corrected chi connectivity index (χ2v) is 20.6. The Morgan fingerprint density at radius 1 is 0.896 bits per heavy atom. The second-order valence-electron chi connectivity index (χ2n) is 20.6. The number of hydrogen-bond donors (Lipinski definition) is 2. The molecule has 0 saturated carbocycles. The lowest BCUT2D eigenvalue weighted by molar-refractivity contribution is -0.874. The number of benzene rings is 1. The largest absolute Gasteiger partial charge is 0.633 e. The van der Waals surface area contributed by atoms with Gasteiger partial charge in [0.25, 0.3) is 0 Å². The van der Waals surface area contributed by atoms with Crippen LogP contribution in [0.25, 0.3) is 0 Å². The van der Waals surface area contributed by atoms with E-state index in [1.165, 1.54) is 14.1 Å². The Hall–Kier alpha value is -3.43. The minimum absolute atomic E-state index is 0.0109. The maximum Gasteiger partial charge on any atom is 0.509 e. The van der Waals surface area contributed by atoms with Crippen LogP contribution in [0.3, 0.4) is 0 Å². The first-order valence-electron chi connectivity index (χ1n) is 23.6. The first kappa shape index (κ1) is 54.5. The lowest BCUT2D eigenvalue weighted by atomic mass is 9.72. The minimum Gasteiger partial charge on any atom is -0.633 e. The molecule has 1 aromatic carbocycles. The summed E-state index contributed by atoms with van der Waals surface area (Å²) in [5, 5.41) is 39.1. The van der Waals surface area contributed by atoms with Crippen molar-refractivity contribution < 1.29 is 81.3 Å². The molecule has 18 heteroatoms. The first-order valence-corrected chi connectivity index (χ1v) is 23.6. The Balaban J connectivity index is 1.58.